The predicted molar refractivity (Wildman–Crippen MR) is 56.9 cm³/mol. The molecule has 15 heavy (non-hydrogen) atoms. The van der Waals surface area contributed by atoms with Crippen LogP contribution in [0.2, 0.25) is 0 Å². The van der Waals surface area contributed by atoms with E-state index >= 15 is 0 Å². The highest BCUT2D eigenvalue weighted by Gasteiger charge is 2.25. The molecule has 2 heterocycles. The topological polar surface area (TPSA) is 59.1 Å². The van der Waals surface area contributed by atoms with Gasteiger partial charge in [0.1, 0.15) is 4.90 Å². The van der Waals surface area contributed by atoms with Crippen molar-refractivity contribution >= 4 is 10.0 Å². The minimum absolute atomic E-state index is 0.334. The Hall–Kier alpha value is -0.940. The predicted octanol–water partition coefficient (Wildman–Crippen LogP) is 0.942. The summed E-state index contributed by atoms with van der Waals surface area (Å²) < 4.78 is 26.2. The largest absolute Gasteiger partial charge is 0.260 e. The maximum atomic E-state index is 11.8. The highest BCUT2D eigenvalue weighted by molar-refractivity contribution is 7.89. The van der Waals surface area contributed by atoms with E-state index < -0.39 is 10.0 Å². The number of rotatable bonds is 1. The second kappa shape index (κ2) is 3.90. The van der Waals surface area contributed by atoms with Gasteiger partial charge in [-0.2, -0.15) is 0 Å². The molecule has 1 aromatic rings. The summed E-state index contributed by atoms with van der Waals surface area (Å²) in [5.74, 6) is 0.343. The fraction of sp³-hybridized carbons (Fsp3) is 0.500. The molecular weight excluding hydrogens is 212 g/mol. The first kappa shape index (κ1) is 10.6. The van der Waals surface area contributed by atoms with E-state index in [2.05, 4.69) is 16.6 Å². The van der Waals surface area contributed by atoms with Gasteiger partial charge in [-0.1, -0.05) is 13.3 Å². The van der Waals surface area contributed by atoms with E-state index in [0.717, 1.165) is 12.8 Å². The Morgan fingerprint density at radius 3 is 3.13 bits per heavy atom. The van der Waals surface area contributed by atoms with E-state index in [1.54, 1.807) is 18.3 Å². The first-order valence-corrected chi connectivity index (χ1v) is 6.55. The zero-order chi connectivity index (χ0) is 10.9. The third-order valence-electron chi connectivity index (χ3n) is 2.76. The fourth-order valence-corrected chi connectivity index (χ4v) is 3.08. The van der Waals surface area contributed by atoms with Crippen LogP contribution in [0.1, 0.15) is 19.0 Å². The van der Waals surface area contributed by atoms with Gasteiger partial charge in [-0.3, -0.25) is 4.98 Å². The molecule has 0 unspecified atom stereocenters. The molecule has 0 spiro atoms. The van der Waals surface area contributed by atoms with Gasteiger partial charge in [-0.25, -0.2) is 13.1 Å². The second-order valence-electron chi connectivity index (χ2n) is 3.78. The lowest BCUT2D eigenvalue weighted by Crippen LogP contribution is -2.26. The standard InChI is InChI=1S/C10H14N2O2S/c1-2-8-6-9-10(4-3-5-11-9)15(13,14)12-7-8/h3-5,8,12H,2,6-7H2,1H3/t8-/m1/s1. The number of fused-ring (bicyclic) bond motifs is 1. The van der Waals surface area contributed by atoms with Gasteiger partial charge in [0.05, 0.1) is 5.69 Å². The van der Waals surface area contributed by atoms with Gasteiger partial charge < -0.3 is 0 Å². The van der Waals surface area contributed by atoms with Crippen molar-refractivity contribution in [3.63, 3.8) is 0 Å². The van der Waals surface area contributed by atoms with Crippen molar-refractivity contribution < 1.29 is 8.42 Å². The van der Waals surface area contributed by atoms with Crippen molar-refractivity contribution in [1.82, 2.24) is 9.71 Å². The van der Waals surface area contributed by atoms with Gasteiger partial charge in [-0.05, 0) is 24.5 Å². The maximum Gasteiger partial charge on any atom is 0.242 e. The van der Waals surface area contributed by atoms with Crippen LogP contribution in [0.15, 0.2) is 23.2 Å². The van der Waals surface area contributed by atoms with Crippen LogP contribution in [-0.2, 0) is 16.4 Å². The molecule has 0 fully saturated rings. The molecule has 0 aromatic carbocycles. The van der Waals surface area contributed by atoms with Crippen molar-refractivity contribution in [3.05, 3.63) is 24.0 Å². The summed E-state index contributed by atoms with van der Waals surface area (Å²) in [6.45, 7) is 2.57. The van der Waals surface area contributed by atoms with E-state index in [-0.39, 0.29) is 0 Å². The summed E-state index contributed by atoms with van der Waals surface area (Å²) in [5.41, 5.74) is 0.689. The van der Waals surface area contributed by atoms with E-state index in [9.17, 15) is 8.42 Å². The summed E-state index contributed by atoms with van der Waals surface area (Å²) in [6.07, 6.45) is 3.34. The Balaban J connectivity index is 2.50. The molecule has 1 atom stereocenters. The Kier molecular flexibility index (Phi) is 2.75. The minimum Gasteiger partial charge on any atom is -0.260 e. The summed E-state index contributed by atoms with van der Waals surface area (Å²) in [5, 5.41) is 0. The average Bonchev–Trinajstić information content (AvgIpc) is 2.36. The van der Waals surface area contributed by atoms with Crippen molar-refractivity contribution in [3.8, 4) is 0 Å². The van der Waals surface area contributed by atoms with Gasteiger partial charge in [0.25, 0.3) is 0 Å². The van der Waals surface area contributed by atoms with Crippen LogP contribution in [0.4, 0.5) is 0 Å². The molecule has 1 aliphatic rings. The number of nitrogens with zero attached hydrogens (tertiary/aromatic N) is 1. The first-order valence-electron chi connectivity index (χ1n) is 5.07. The van der Waals surface area contributed by atoms with E-state index in [1.165, 1.54) is 0 Å². The zero-order valence-electron chi connectivity index (χ0n) is 8.60. The molecule has 0 radical (unpaired) electrons. The summed E-state index contributed by atoms with van der Waals surface area (Å²) in [4.78, 5) is 4.49. The smallest absolute Gasteiger partial charge is 0.242 e. The SMILES string of the molecule is CC[C@H]1CNS(=O)(=O)c2cccnc2C1. The number of nitrogens with one attached hydrogen (secondary N) is 1. The monoisotopic (exact) mass is 226 g/mol. The fourth-order valence-electron chi connectivity index (χ4n) is 1.76. The number of hydrogen-bond acceptors (Lipinski definition) is 3. The van der Waals surface area contributed by atoms with Gasteiger partial charge in [0, 0.05) is 12.7 Å². The van der Waals surface area contributed by atoms with Gasteiger partial charge in [0.15, 0.2) is 0 Å². The molecule has 0 saturated heterocycles. The van der Waals surface area contributed by atoms with Crippen molar-refractivity contribution in [2.24, 2.45) is 5.92 Å². The average molecular weight is 226 g/mol. The molecule has 5 heteroatoms. The second-order valence-corrected chi connectivity index (χ2v) is 5.51. The Labute approximate surface area is 89.8 Å². The molecule has 0 amide bonds. The van der Waals surface area contributed by atoms with Crippen LogP contribution in [0, 0.1) is 5.92 Å². The molecule has 1 aliphatic heterocycles. The molecule has 0 saturated carbocycles. The minimum atomic E-state index is -3.33. The summed E-state index contributed by atoms with van der Waals surface area (Å²) >= 11 is 0. The van der Waals surface area contributed by atoms with Crippen LogP contribution >= 0.6 is 0 Å². The van der Waals surface area contributed by atoms with Crippen molar-refractivity contribution in [1.29, 1.82) is 0 Å². The Morgan fingerprint density at radius 2 is 2.40 bits per heavy atom. The summed E-state index contributed by atoms with van der Waals surface area (Å²) in [7, 11) is -3.33. The van der Waals surface area contributed by atoms with Gasteiger partial charge >= 0.3 is 0 Å². The van der Waals surface area contributed by atoms with Gasteiger partial charge in [0.2, 0.25) is 10.0 Å². The van der Waals surface area contributed by atoms with Crippen LogP contribution in [0.25, 0.3) is 0 Å². The molecule has 1 aromatic heterocycles. The maximum absolute atomic E-state index is 11.8. The Bertz CT molecular complexity index is 456. The first-order chi connectivity index (χ1) is 7.13. The van der Waals surface area contributed by atoms with Crippen LogP contribution in [0.5, 0.6) is 0 Å². The number of hydrogen-bond donors (Lipinski definition) is 1. The third-order valence-corrected chi connectivity index (χ3v) is 4.26. The highest BCUT2D eigenvalue weighted by atomic mass is 32.2. The zero-order valence-corrected chi connectivity index (χ0v) is 9.42. The number of aromatic nitrogens is 1. The van der Waals surface area contributed by atoms with Crippen molar-refractivity contribution in [2.75, 3.05) is 6.54 Å². The molecule has 2 rings (SSSR count). The molecule has 82 valence electrons. The quantitative estimate of drug-likeness (QED) is 0.775. The van der Waals surface area contributed by atoms with E-state index in [1.807, 2.05) is 0 Å². The third kappa shape index (κ3) is 2.03. The van der Waals surface area contributed by atoms with E-state index in [0.29, 0.717) is 23.1 Å². The van der Waals surface area contributed by atoms with E-state index in [4.69, 9.17) is 0 Å². The normalized spacial score (nSPS) is 24.2. The van der Waals surface area contributed by atoms with Crippen LogP contribution in [-0.4, -0.2) is 19.9 Å². The molecular formula is C10H14N2O2S. The Morgan fingerprint density at radius 1 is 1.60 bits per heavy atom. The van der Waals surface area contributed by atoms with Crippen molar-refractivity contribution in [2.45, 2.75) is 24.7 Å². The summed E-state index contributed by atoms with van der Waals surface area (Å²) in [6, 6.07) is 3.27. The lowest BCUT2D eigenvalue weighted by Gasteiger charge is -2.09. The molecule has 1 N–H and O–H groups in total. The molecule has 0 bridgehead atoms. The van der Waals surface area contributed by atoms with Crippen LogP contribution < -0.4 is 4.72 Å². The lowest BCUT2D eigenvalue weighted by atomic mass is 10.0. The molecule has 4 nitrogen and oxygen atoms in total. The van der Waals surface area contributed by atoms with Crippen LogP contribution in [0.3, 0.4) is 0 Å². The number of pyridine rings is 1. The lowest BCUT2D eigenvalue weighted by molar-refractivity contribution is 0.494. The highest BCUT2D eigenvalue weighted by Crippen LogP contribution is 2.21. The number of sulfonamides is 1. The van der Waals surface area contributed by atoms with Gasteiger partial charge in [-0.15, -0.1) is 0 Å². The molecule has 0 aliphatic carbocycles.